The second-order valence-corrected chi connectivity index (χ2v) is 8.04. The van der Waals surface area contributed by atoms with Gasteiger partial charge in [-0.2, -0.15) is 8.42 Å². The van der Waals surface area contributed by atoms with Gasteiger partial charge < -0.3 is 9.84 Å². The fraction of sp³-hybridized carbons (Fsp3) is 0. The van der Waals surface area contributed by atoms with Crippen molar-refractivity contribution in [1.82, 2.24) is 4.98 Å². The van der Waals surface area contributed by atoms with Crippen LogP contribution in [0.5, 0.6) is 5.06 Å². The normalized spacial score (nSPS) is 11.1. The lowest BCUT2D eigenvalue weighted by atomic mass is 10.2. The van der Waals surface area contributed by atoms with Crippen LogP contribution in [0.2, 0.25) is 5.02 Å². The Balaban J connectivity index is 1.99. The molecule has 7 nitrogen and oxygen atoms in total. The van der Waals surface area contributed by atoms with Gasteiger partial charge >= 0.3 is 6.16 Å². The number of carboxylic acid groups (broad SMARTS) is 1. The second kappa shape index (κ2) is 7.32. The molecule has 3 rings (SSSR count). The van der Waals surface area contributed by atoms with E-state index in [1.165, 1.54) is 24.4 Å². The number of rotatable bonds is 5. The predicted octanol–water partition coefficient (Wildman–Crippen LogP) is 4.32. The van der Waals surface area contributed by atoms with Crippen molar-refractivity contribution in [3.63, 3.8) is 0 Å². The monoisotopic (exact) mass is 410 g/mol. The molecule has 2 heterocycles. The third kappa shape index (κ3) is 4.13. The number of sulfonamides is 1. The van der Waals surface area contributed by atoms with Crippen LogP contribution in [0, 0.1) is 0 Å². The number of ether oxygens (including phenoxy) is 1. The molecule has 0 aliphatic carbocycles. The average molecular weight is 411 g/mol. The maximum absolute atomic E-state index is 12.4. The van der Waals surface area contributed by atoms with Crippen molar-refractivity contribution >= 4 is 44.8 Å². The number of aromatic nitrogens is 1. The molecule has 0 saturated carbocycles. The highest BCUT2D eigenvalue weighted by atomic mass is 35.5. The van der Waals surface area contributed by atoms with Crippen molar-refractivity contribution in [3.05, 3.63) is 59.8 Å². The molecule has 2 N–H and O–H groups in total. The first-order valence-corrected chi connectivity index (χ1v) is 9.77. The number of anilines is 1. The zero-order chi connectivity index (χ0) is 18.7. The molecule has 0 unspecified atom stereocenters. The first-order valence-electron chi connectivity index (χ1n) is 7.09. The molecule has 0 bridgehead atoms. The molecular weight excluding hydrogens is 400 g/mol. The lowest BCUT2D eigenvalue weighted by molar-refractivity contribution is 0.146. The zero-order valence-corrected chi connectivity index (χ0v) is 15.3. The van der Waals surface area contributed by atoms with Crippen LogP contribution in [0.25, 0.3) is 10.4 Å². The van der Waals surface area contributed by atoms with Gasteiger partial charge in [-0.25, -0.2) is 9.78 Å². The summed E-state index contributed by atoms with van der Waals surface area (Å²) in [5, 5.41) is 9.16. The van der Waals surface area contributed by atoms with Crippen LogP contribution in [0.1, 0.15) is 0 Å². The molecule has 0 fully saturated rings. The van der Waals surface area contributed by atoms with Crippen molar-refractivity contribution in [2.24, 2.45) is 0 Å². The smallest absolute Gasteiger partial charge is 0.449 e. The molecule has 0 amide bonds. The summed E-state index contributed by atoms with van der Waals surface area (Å²) in [7, 11) is -4.00. The highest BCUT2D eigenvalue weighted by molar-refractivity contribution is 7.92. The summed E-state index contributed by atoms with van der Waals surface area (Å²) in [6, 6.07) is 12.7. The predicted molar refractivity (Wildman–Crippen MR) is 98.5 cm³/mol. The standard InChI is InChI=1S/C16H11ClN2O5S2/c17-11-6-4-10(5-7-11)13-9-12(15(25-13)24-16(20)21)19-26(22,23)14-3-1-2-8-18-14/h1-9,19H,(H,20,21). The third-order valence-electron chi connectivity index (χ3n) is 3.16. The molecule has 0 aliphatic heterocycles. The van der Waals surface area contributed by atoms with Crippen LogP contribution in [0.4, 0.5) is 10.5 Å². The Labute approximate surface area is 157 Å². The van der Waals surface area contributed by atoms with Crippen LogP contribution in [-0.4, -0.2) is 24.7 Å². The Bertz CT molecular complexity index is 1030. The van der Waals surface area contributed by atoms with Crippen molar-refractivity contribution in [3.8, 4) is 15.5 Å². The Morgan fingerprint density at radius 2 is 1.92 bits per heavy atom. The summed E-state index contributed by atoms with van der Waals surface area (Å²) >= 11 is 6.85. The highest BCUT2D eigenvalue weighted by Gasteiger charge is 2.22. The lowest BCUT2D eigenvalue weighted by Gasteiger charge is -2.06. The third-order valence-corrected chi connectivity index (χ3v) is 5.76. The van der Waals surface area contributed by atoms with Crippen LogP contribution in [0.3, 0.4) is 0 Å². The van der Waals surface area contributed by atoms with Gasteiger partial charge in [0, 0.05) is 16.1 Å². The summed E-state index contributed by atoms with van der Waals surface area (Å²) in [6.07, 6.45) is -0.205. The van der Waals surface area contributed by atoms with E-state index in [1.54, 1.807) is 30.3 Å². The number of nitrogens with zero attached hydrogens (tertiary/aromatic N) is 1. The summed E-state index contributed by atoms with van der Waals surface area (Å²) < 4.78 is 31.9. The Morgan fingerprint density at radius 3 is 2.54 bits per heavy atom. The summed E-state index contributed by atoms with van der Waals surface area (Å²) in [5.74, 6) is 0. The van der Waals surface area contributed by atoms with Gasteiger partial charge in [-0.15, -0.1) is 0 Å². The fourth-order valence-electron chi connectivity index (χ4n) is 2.06. The lowest BCUT2D eigenvalue weighted by Crippen LogP contribution is -2.15. The second-order valence-electron chi connectivity index (χ2n) is 4.96. The van der Waals surface area contributed by atoms with Gasteiger partial charge in [0.15, 0.2) is 5.03 Å². The molecule has 0 spiro atoms. The molecule has 0 radical (unpaired) electrons. The van der Waals surface area contributed by atoms with E-state index < -0.39 is 16.2 Å². The molecule has 1 aromatic carbocycles. The van der Waals surface area contributed by atoms with Gasteiger partial charge in [0.05, 0.1) is 0 Å². The molecule has 3 aromatic rings. The summed E-state index contributed by atoms with van der Waals surface area (Å²) in [5.41, 5.74) is 0.742. The van der Waals surface area contributed by atoms with Crippen molar-refractivity contribution < 1.29 is 23.1 Å². The van der Waals surface area contributed by atoms with Crippen LogP contribution in [0.15, 0.2) is 59.8 Å². The average Bonchev–Trinajstić information content (AvgIpc) is 2.97. The molecule has 2 aromatic heterocycles. The molecular formula is C16H11ClN2O5S2. The molecule has 0 atom stereocenters. The molecule has 134 valence electrons. The number of thiophene rings is 1. The van der Waals surface area contributed by atoms with E-state index in [2.05, 4.69) is 9.71 Å². The van der Waals surface area contributed by atoms with Crippen molar-refractivity contribution in [2.45, 2.75) is 5.03 Å². The van der Waals surface area contributed by atoms with Crippen LogP contribution < -0.4 is 9.46 Å². The van der Waals surface area contributed by atoms with Gasteiger partial charge in [-0.3, -0.25) is 4.72 Å². The first kappa shape index (κ1) is 18.2. The number of hydrogen-bond acceptors (Lipinski definition) is 6. The molecule has 0 aliphatic rings. The van der Waals surface area contributed by atoms with E-state index in [-0.39, 0.29) is 15.8 Å². The zero-order valence-electron chi connectivity index (χ0n) is 12.9. The number of nitrogens with one attached hydrogen (secondary N) is 1. The van der Waals surface area contributed by atoms with Gasteiger partial charge in [-0.1, -0.05) is 41.1 Å². The van der Waals surface area contributed by atoms with E-state index >= 15 is 0 Å². The Hall–Kier alpha value is -2.62. The fourth-order valence-corrected chi connectivity index (χ4v) is 4.22. The highest BCUT2D eigenvalue weighted by Crippen LogP contribution is 2.42. The molecule has 10 heteroatoms. The first-order chi connectivity index (χ1) is 12.3. The minimum absolute atomic E-state index is 0.00741. The topological polar surface area (TPSA) is 106 Å². The largest absolute Gasteiger partial charge is 0.512 e. The van der Waals surface area contributed by atoms with E-state index in [4.69, 9.17) is 21.4 Å². The van der Waals surface area contributed by atoms with E-state index in [9.17, 15) is 13.2 Å². The molecule has 26 heavy (non-hydrogen) atoms. The number of pyridine rings is 1. The maximum Gasteiger partial charge on any atom is 0.512 e. The van der Waals surface area contributed by atoms with Crippen LogP contribution >= 0.6 is 22.9 Å². The Kier molecular flexibility index (Phi) is 5.12. The minimum atomic E-state index is -4.00. The maximum atomic E-state index is 12.4. The van der Waals surface area contributed by atoms with E-state index in [1.807, 2.05) is 0 Å². The van der Waals surface area contributed by atoms with E-state index in [0.29, 0.717) is 9.90 Å². The number of halogens is 1. The number of benzene rings is 1. The summed E-state index contributed by atoms with van der Waals surface area (Å²) in [4.78, 5) is 15.3. The Morgan fingerprint density at radius 1 is 1.19 bits per heavy atom. The van der Waals surface area contributed by atoms with Gasteiger partial charge in [0.1, 0.15) is 5.69 Å². The van der Waals surface area contributed by atoms with Crippen LogP contribution in [-0.2, 0) is 10.0 Å². The SMILES string of the molecule is O=C(O)Oc1sc(-c2ccc(Cl)cc2)cc1NS(=O)(=O)c1ccccn1. The quantitative estimate of drug-likeness (QED) is 0.607. The van der Waals surface area contributed by atoms with Crippen molar-refractivity contribution in [1.29, 1.82) is 0 Å². The van der Waals surface area contributed by atoms with Gasteiger partial charge in [-0.05, 0) is 35.9 Å². The number of hydrogen-bond donors (Lipinski definition) is 2. The number of carbonyl (C=O) groups is 1. The van der Waals surface area contributed by atoms with E-state index in [0.717, 1.165) is 16.9 Å². The van der Waals surface area contributed by atoms with Gasteiger partial charge in [0.2, 0.25) is 5.06 Å². The molecule has 0 saturated heterocycles. The minimum Gasteiger partial charge on any atom is -0.449 e. The van der Waals surface area contributed by atoms with Crippen molar-refractivity contribution in [2.75, 3.05) is 4.72 Å². The summed E-state index contributed by atoms with van der Waals surface area (Å²) in [6.45, 7) is 0. The van der Waals surface area contributed by atoms with Gasteiger partial charge in [0.25, 0.3) is 10.0 Å².